The Hall–Kier alpha value is -1.31. The van der Waals surface area contributed by atoms with Crippen LogP contribution in [0.5, 0.6) is 0 Å². The molecule has 0 spiro atoms. The number of carbonyl (C=O) groups excluding carboxylic acids is 1. The van der Waals surface area contributed by atoms with Gasteiger partial charge in [0, 0.05) is 6.26 Å². The summed E-state index contributed by atoms with van der Waals surface area (Å²) in [6, 6.07) is 3.04. The molecule has 0 saturated heterocycles. The number of carboxylic acid groups (broad SMARTS) is 1. The van der Waals surface area contributed by atoms with E-state index in [1.165, 1.54) is 18.2 Å². The van der Waals surface area contributed by atoms with Crippen molar-refractivity contribution in [3.05, 3.63) is 33.8 Å². The average Bonchev–Trinajstić information content (AvgIpc) is 2.36. The van der Waals surface area contributed by atoms with E-state index in [0.29, 0.717) is 0 Å². The average molecular weight is 354 g/mol. The molecule has 0 fully saturated rings. The maximum atomic E-state index is 12.0. The highest BCUT2D eigenvalue weighted by molar-refractivity contribution is 7.90. The number of rotatable bonds is 6. The first-order valence-electron chi connectivity index (χ1n) is 5.77. The van der Waals surface area contributed by atoms with Gasteiger partial charge in [0.15, 0.2) is 0 Å². The Morgan fingerprint density at radius 3 is 2.48 bits per heavy atom. The van der Waals surface area contributed by atoms with Crippen molar-refractivity contribution in [3.8, 4) is 0 Å². The largest absolute Gasteiger partial charge is 0.480 e. The molecule has 1 rings (SSSR count). The topological polar surface area (TPSA) is 101 Å². The van der Waals surface area contributed by atoms with Crippen molar-refractivity contribution >= 4 is 44.9 Å². The van der Waals surface area contributed by atoms with Crippen LogP contribution in [-0.4, -0.2) is 43.5 Å². The van der Waals surface area contributed by atoms with E-state index < -0.39 is 27.8 Å². The number of sulfone groups is 1. The van der Waals surface area contributed by atoms with Gasteiger partial charge in [0.1, 0.15) is 15.9 Å². The lowest BCUT2D eigenvalue weighted by Gasteiger charge is -2.14. The highest BCUT2D eigenvalue weighted by atomic mass is 35.5. The summed E-state index contributed by atoms with van der Waals surface area (Å²) in [6.07, 6.45) is 0.750. The Morgan fingerprint density at radius 2 is 1.95 bits per heavy atom. The fraction of sp³-hybridized carbons (Fsp3) is 0.333. The van der Waals surface area contributed by atoms with Crippen LogP contribution in [0.1, 0.15) is 16.8 Å². The molecule has 1 amide bonds. The van der Waals surface area contributed by atoms with Crippen molar-refractivity contribution in [1.82, 2.24) is 5.32 Å². The predicted molar refractivity (Wildman–Crippen MR) is 79.7 cm³/mol. The van der Waals surface area contributed by atoms with Crippen molar-refractivity contribution in [1.29, 1.82) is 0 Å². The van der Waals surface area contributed by atoms with E-state index >= 15 is 0 Å². The van der Waals surface area contributed by atoms with E-state index in [2.05, 4.69) is 5.32 Å². The zero-order chi connectivity index (χ0) is 16.2. The standard InChI is InChI=1S/C12H13Cl2NO5S/c1-21(19,20)6-5-9(12(17)18)15-11(16)7-3-2-4-8(13)10(7)14/h2-4,9H,5-6H2,1H3,(H,15,16)(H,17,18). The fourth-order valence-electron chi connectivity index (χ4n) is 1.50. The van der Waals surface area contributed by atoms with E-state index in [1.807, 2.05) is 0 Å². The minimum absolute atomic E-state index is 0.00363. The van der Waals surface area contributed by atoms with Gasteiger partial charge in [-0.1, -0.05) is 29.3 Å². The first-order chi connectivity index (χ1) is 9.61. The Bertz CT molecular complexity index is 660. The summed E-state index contributed by atoms with van der Waals surface area (Å²) in [5.41, 5.74) is 0.0229. The summed E-state index contributed by atoms with van der Waals surface area (Å²) in [7, 11) is -3.33. The van der Waals surface area contributed by atoms with E-state index in [4.69, 9.17) is 28.3 Å². The minimum Gasteiger partial charge on any atom is -0.480 e. The smallest absolute Gasteiger partial charge is 0.326 e. The first-order valence-corrected chi connectivity index (χ1v) is 8.59. The van der Waals surface area contributed by atoms with Crippen LogP contribution < -0.4 is 5.32 Å². The molecule has 9 heteroatoms. The van der Waals surface area contributed by atoms with Gasteiger partial charge < -0.3 is 10.4 Å². The Kier molecular flexibility index (Phi) is 6.00. The molecular weight excluding hydrogens is 341 g/mol. The molecule has 0 aliphatic rings. The van der Waals surface area contributed by atoms with Crippen molar-refractivity contribution in [3.63, 3.8) is 0 Å². The molecule has 0 bridgehead atoms. The number of hydrogen-bond acceptors (Lipinski definition) is 4. The predicted octanol–water partition coefficient (Wildman–Crippen LogP) is 1.61. The van der Waals surface area contributed by atoms with E-state index in [1.54, 1.807) is 0 Å². The third kappa shape index (κ3) is 5.53. The number of carbonyl (C=O) groups is 2. The summed E-state index contributed by atoms with van der Waals surface area (Å²) in [5.74, 6) is -2.42. The lowest BCUT2D eigenvalue weighted by molar-refractivity contribution is -0.139. The fourth-order valence-corrected chi connectivity index (χ4v) is 2.55. The van der Waals surface area contributed by atoms with Gasteiger partial charge in [0.05, 0.1) is 21.4 Å². The summed E-state index contributed by atoms with van der Waals surface area (Å²) in [6.45, 7) is 0. The van der Waals surface area contributed by atoms with Gasteiger partial charge in [-0.25, -0.2) is 13.2 Å². The van der Waals surface area contributed by atoms with Gasteiger partial charge in [-0.15, -0.1) is 0 Å². The van der Waals surface area contributed by atoms with Crippen LogP contribution >= 0.6 is 23.2 Å². The lowest BCUT2D eigenvalue weighted by Crippen LogP contribution is -2.42. The summed E-state index contributed by atoms with van der Waals surface area (Å²) < 4.78 is 22.1. The van der Waals surface area contributed by atoms with Crippen molar-refractivity contribution < 1.29 is 23.1 Å². The second-order valence-electron chi connectivity index (χ2n) is 4.38. The van der Waals surface area contributed by atoms with Gasteiger partial charge in [0.2, 0.25) is 0 Å². The number of aliphatic carboxylic acids is 1. The molecule has 0 aromatic heterocycles. The Labute approximate surface area is 132 Å². The second-order valence-corrected chi connectivity index (χ2v) is 7.43. The molecular formula is C12H13Cl2NO5S. The van der Waals surface area contributed by atoms with Gasteiger partial charge in [-0.05, 0) is 18.6 Å². The van der Waals surface area contributed by atoms with E-state index in [0.717, 1.165) is 6.26 Å². The minimum atomic E-state index is -3.33. The van der Waals surface area contributed by atoms with Crippen LogP contribution in [0.4, 0.5) is 0 Å². The molecule has 21 heavy (non-hydrogen) atoms. The molecule has 6 nitrogen and oxygen atoms in total. The summed E-state index contributed by atoms with van der Waals surface area (Å²) in [4.78, 5) is 23.1. The molecule has 0 saturated carbocycles. The quantitative estimate of drug-likeness (QED) is 0.808. The molecule has 1 aromatic rings. The van der Waals surface area contributed by atoms with Crippen molar-refractivity contribution in [2.45, 2.75) is 12.5 Å². The molecule has 0 radical (unpaired) electrons. The maximum absolute atomic E-state index is 12.0. The number of amides is 1. The van der Waals surface area contributed by atoms with E-state index in [-0.39, 0.29) is 27.8 Å². The Morgan fingerprint density at radius 1 is 1.33 bits per heavy atom. The van der Waals surface area contributed by atoms with Crippen molar-refractivity contribution in [2.75, 3.05) is 12.0 Å². The SMILES string of the molecule is CS(=O)(=O)CCC(NC(=O)c1cccc(Cl)c1Cl)C(=O)O. The number of halogens is 2. The summed E-state index contributed by atoms with van der Waals surface area (Å²) >= 11 is 11.6. The molecule has 2 N–H and O–H groups in total. The molecule has 0 aliphatic carbocycles. The number of carboxylic acids is 1. The van der Waals surface area contributed by atoms with Crippen LogP contribution in [0.15, 0.2) is 18.2 Å². The highest BCUT2D eigenvalue weighted by Crippen LogP contribution is 2.25. The number of benzene rings is 1. The molecule has 116 valence electrons. The van der Waals surface area contributed by atoms with Gasteiger partial charge in [-0.2, -0.15) is 0 Å². The Balaban J connectivity index is 2.86. The van der Waals surface area contributed by atoms with Crippen LogP contribution in [0.3, 0.4) is 0 Å². The third-order valence-electron chi connectivity index (χ3n) is 2.58. The lowest BCUT2D eigenvalue weighted by atomic mass is 10.1. The zero-order valence-electron chi connectivity index (χ0n) is 11.0. The number of hydrogen-bond donors (Lipinski definition) is 2. The normalized spacial score (nSPS) is 12.7. The molecule has 1 atom stereocenters. The third-order valence-corrected chi connectivity index (χ3v) is 4.37. The van der Waals surface area contributed by atoms with Gasteiger partial charge in [0.25, 0.3) is 5.91 Å². The summed E-state index contributed by atoms with van der Waals surface area (Å²) in [5, 5.41) is 11.4. The molecule has 0 aliphatic heterocycles. The van der Waals surface area contributed by atoms with Crippen LogP contribution in [0.2, 0.25) is 10.0 Å². The monoisotopic (exact) mass is 353 g/mol. The van der Waals surface area contributed by atoms with E-state index in [9.17, 15) is 18.0 Å². The molecule has 1 aromatic carbocycles. The van der Waals surface area contributed by atoms with Crippen LogP contribution in [0.25, 0.3) is 0 Å². The maximum Gasteiger partial charge on any atom is 0.326 e. The first kappa shape index (κ1) is 17.7. The van der Waals surface area contributed by atoms with Crippen molar-refractivity contribution in [2.24, 2.45) is 0 Å². The molecule has 1 unspecified atom stereocenters. The zero-order valence-corrected chi connectivity index (χ0v) is 13.3. The second kappa shape index (κ2) is 7.11. The van der Waals surface area contributed by atoms with Gasteiger partial charge in [-0.3, -0.25) is 4.79 Å². The van der Waals surface area contributed by atoms with Gasteiger partial charge >= 0.3 is 5.97 Å². The number of nitrogens with one attached hydrogen (secondary N) is 1. The van der Waals surface area contributed by atoms with Crippen LogP contribution in [-0.2, 0) is 14.6 Å². The molecule has 0 heterocycles. The highest BCUT2D eigenvalue weighted by Gasteiger charge is 2.23. The van der Waals surface area contributed by atoms with Crippen LogP contribution in [0, 0.1) is 0 Å².